The van der Waals surface area contributed by atoms with Crippen LogP contribution >= 0.6 is 31.9 Å². The maximum absolute atomic E-state index is 13.6. The van der Waals surface area contributed by atoms with Crippen LogP contribution in [0.2, 0.25) is 0 Å². The van der Waals surface area contributed by atoms with Gasteiger partial charge in [0, 0.05) is 19.9 Å². The summed E-state index contributed by atoms with van der Waals surface area (Å²) in [4.78, 5) is 18.4. The Balaban J connectivity index is 1.40. The maximum atomic E-state index is 13.6. The number of aromatic nitrogens is 2. The number of hydrogen-bond acceptors (Lipinski definition) is 6. The Labute approximate surface area is 252 Å². The number of nitrogens with zero attached hydrogens (tertiary/aromatic N) is 3. The van der Waals surface area contributed by atoms with E-state index >= 15 is 0 Å². The zero-order valence-corrected chi connectivity index (χ0v) is 25.3. The Kier molecular flexibility index (Phi) is 7.47. The first kappa shape index (κ1) is 27.0. The molecule has 4 aromatic carbocycles. The van der Waals surface area contributed by atoms with Gasteiger partial charge in [0.2, 0.25) is 5.82 Å². The van der Waals surface area contributed by atoms with E-state index in [9.17, 15) is 4.79 Å². The van der Waals surface area contributed by atoms with Gasteiger partial charge in [0.05, 0.1) is 24.2 Å². The quantitative estimate of drug-likeness (QED) is 0.160. The fourth-order valence-corrected chi connectivity index (χ4v) is 5.32. The van der Waals surface area contributed by atoms with Gasteiger partial charge >= 0.3 is 0 Å². The lowest BCUT2D eigenvalue weighted by Crippen LogP contribution is -2.20. The van der Waals surface area contributed by atoms with Crippen LogP contribution in [0.1, 0.15) is 16.7 Å². The number of hydrogen-bond donors (Lipinski definition) is 0. The molecular formula is C32H23Br2N3O4. The highest BCUT2D eigenvalue weighted by Crippen LogP contribution is 2.34. The van der Waals surface area contributed by atoms with Gasteiger partial charge in [-0.1, -0.05) is 57.9 Å². The van der Waals surface area contributed by atoms with E-state index in [0.29, 0.717) is 51.7 Å². The number of para-hydroxylation sites is 1. The predicted octanol–water partition coefficient (Wildman–Crippen LogP) is 8.11. The lowest BCUT2D eigenvalue weighted by molar-refractivity contribution is 0.284. The molecule has 0 aliphatic carbocycles. The highest BCUT2D eigenvalue weighted by atomic mass is 79.9. The van der Waals surface area contributed by atoms with Crippen LogP contribution in [0.3, 0.4) is 0 Å². The van der Waals surface area contributed by atoms with E-state index < -0.39 is 0 Å². The summed E-state index contributed by atoms with van der Waals surface area (Å²) < 4.78 is 20.7. The fourth-order valence-electron chi connectivity index (χ4n) is 4.52. The number of aryl methyl sites for hydroxylation is 1. The van der Waals surface area contributed by atoms with Crippen LogP contribution in [0.15, 0.2) is 108 Å². The summed E-state index contributed by atoms with van der Waals surface area (Å²) in [5.74, 6) is 1.83. The molecule has 0 aliphatic heterocycles. The van der Waals surface area contributed by atoms with Crippen molar-refractivity contribution in [2.75, 3.05) is 7.11 Å². The summed E-state index contributed by atoms with van der Waals surface area (Å²) in [6, 6.07) is 26.5. The number of ether oxygens (including phenoxy) is 2. The van der Waals surface area contributed by atoms with Crippen molar-refractivity contribution in [3.8, 4) is 23.1 Å². The monoisotopic (exact) mass is 671 g/mol. The van der Waals surface area contributed by atoms with Crippen molar-refractivity contribution in [3.05, 3.63) is 121 Å². The molecule has 2 heterocycles. The lowest BCUT2D eigenvalue weighted by atomic mass is 10.1. The first-order valence-corrected chi connectivity index (χ1v) is 14.3. The van der Waals surface area contributed by atoms with Gasteiger partial charge in [0.1, 0.15) is 12.2 Å². The number of fused-ring (bicyclic) bond motifs is 2. The highest BCUT2D eigenvalue weighted by Gasteiger charge is 2.17. The second-order valence-electron chi connectivity index (χ2n) is 9.41. The van der Waals surface area contributed by atoms with Crippen molar-refractivity contribution in [2.24, 2.45) is 5.10 Å². The minimum absolute atomic E-state index is 0.290. The van der Waals surface area contributed by atoms with Gasteiger partial charge in [-0.05, 0) is 76.9 Å². The first-order chi connectivity index (χ1) is 19.9. The molecule has 6 rings (SSSR count). The van der Waals surface area contributed by atoms with E-state index in [4.69, 9.17) is 18.9 Å². The van der Waals surface area contributed by atoms with E-state index in [0.717, 1.165) is 19.9 Å². The van der Waals surface area contributed by atoms with E-state index in [2.05, 4.69) is 43.0 Å². The minimum Gasteiger partial charge on any atom is -0.493 e. The summed E-state index contributed by atoms with van der Waals surface area (Å²) in [7, 11) is 1.58. The molecule has 0 fully saturated rings. The van der Waals surface area contributed by atoms with Gasteiger partial charge in [-0.2, -0.15) is 9.78 Å². The van der Waals surface area contributed by atoms with E-state index in [-0.39, 0.29) is 5.56 Å². The van der Waals surface area contributed by atoms with Gasteiger partial charge in [0.25, 0.3) is 5.56 Å². The first-order valence-electron chi connectivity index (χ1n) is 12.7. The average Bonchev–Trinajstić information content (AvgIpc) is 3.39. The molecule has 0 N–H and O–H groups in total. The molecule has 7 nitrogen and oxygen atoms in total. The van der Waals surface area contributed by atoms with Crippen LogP contribution in [-0.4, -0.2) is 23.0 Å². The molecule has 6 aromatic rings. The largest absolute Gasteiger partial charge is 0.493 e. The van der Waals surface area contributed by atoms with Crippen LogP contribution in [0.25, 0.3) is 33.5 Å². The van der Waals surface area contributed by atoms with Gasteiger partial charge < -0.3 is 13.9 Å². The molecule has 2 aromatic heterocycles. The number of methoxy groups -OCH3 is 1. The summed E-state index contributed by atoms with van der Waals surface area (Å²) >= 11 is 7.12. The Morgan fingerprint density at radius 2 is 1.83 bits per heavy atom. The summed E-state index contributed by atoms with van der Waals surface area (Å²) in [5, 5.41) is 5.90. The zero-order chi connectivity index (χ0) is 28.5. The molecule has 9 heteroatoms. The molecular weight excluding hydrogens is 650 g/mol. The number of furan rings is 1. The molecule has 41 heavy (non-hydrogen) atoms. The minimum atomic E-state index is -0.315. The molecule has 0 spiro atoms. The molecule has 0 unspecified atom stereocenters. The summed E-state index contributed by atoms with van der Waals surface area (Å²) in [6.45, 7) is 2.44. The molecule has 0 aliphatic rings. The Bertz CT molecular complexity index is 2010. The zero-order valence-electron chi connectivity index (χ0n) is 22.1. The normalized spacial score (nSPS) is 11.5. The average molecular weight is 673 g/mol. The van der Waals surface area contributed by atoms with Crippen molar-refractivity contribution in [3.63, 3.8) is 0 Å². The molecule has 0 saturated carbocycles. The summed E-state index contributed by atoms with van der Waals surface area (Å²) in [6.07, 6.45) is 1.58. The Morgan fingerprint density at radius 3 is 2.66 bits per heavy atom. The van der Waals surface area contributed by atoms with Crippen LogP contribution in [0, 0.1) is 6.92 Å². The van der Waals surface area contributed by atoms with Crippen LogP contribution < -0.4 is 15.0 Å². The predicted molar refractivity (Wildman–Crippen MR) is 168 cm³/mol. The van der Waals surface area contributed by atoms with Crippen LogP contribution in [0.5, 0.6) is 11.5 Å². The molecule has 0 atom stereocenters. The number of rotatable bonds is 7. The molecule has 0 saturated heterocycles. The fraction of sp³-hybridized carbons (Fsp3) is 0.0938. The van der Waals surface area contributed by atoms with Crippen molar-refractivity contribution in [1.29, 1.82) is 0 Å². The molecule has 0 radical (unpaired) electrons. The SMILES string of the molecule is COc1cc(C=Nn2c(-c3cc4cc(Br)ccc4o3)nc3ccccc3c2=O)c(Br)cc1OCc1cccc(C)c1. The molecule has 0 amide bonds. The van der Waals surface area contributed by atoms with Crippen molar-refractivity contribution < 1.29 is 13.9 Å². The Hall–Kier alpha value is -4.21. The van der Waals surface area contributed by atoms with Crippen molar-refractivity contribution >= 4 is 59.9 Å². The van der Waals surface area contributed by atoms with Crippen LogP contribution in [0.4, 0.5) is 0 Å². The third kappa shape index (κ3) is 5.55. The standard InChI is InChI=1S/C32H23Br2N3O4/c1-19-6-5-7-20(12-19)18-40-29-16-25(34)22(15-28(29)39-2)17-35-37-31(36-26-9-4-3-8-24(26)32(37)38)30-14-21-13-23(33)10-11-27(21)41-30/h3-17H,18H2,1-2H3. The van der Waals surface area contributed by atoms with Crippen LogP contribution in [-0.2, 0) is 6.61 Å². The van der Waals surface area contributed by atoms with Gasteiger partial charge in [0.15, 0.2) is 17.3 Å². The van der Waals surface area contributed by atoms with E-state index in [1.165, 1.54) is 10.2 Å². The number of benzene rings is 4. The maximum Gasteiger partial charge on any atom is 0.282 e. The van der Waals surface area contributed by atoms with E-state index in [1.807, 2.05) is 61.5 Å². The topological polar surface area (TPSA) is 78.9 Å². The second kappa shape index (κ2) is 11.3. The second-order valence-corrected chi connectivity index (χ2v) is 11.2. The van der Waals surface area contributed by atoms with E-state index in [1.54, 1.807) is 37.6 Å². The van der Waals surface area contributed by atoms with Gasteiger partial charge in [-0.15, -0.1) is 0 Å². The third-order valence-corrected chi connectivity index (χ3v) is 7.70. The highest BCUT2D eigenvalue weighted by molar-refractivity contribution is 9.10. The summed E-state index contributed by atoms with van der Waals surface area (Å²) in [5.41, 5.74) is 3.82. The van der Waals surface area contributed by atoms with Crippen molar-refractivity contribution in [2.45, 2.75) is 13.5 Å². The third-order valence-electron chi connectivity index (χ3n) is 6.52. The molecule has 0 bridgehead atoms. The lowest BCUT2D eigenvalue weighted by Gasteiger charge is -2.13. The molecule has 204 valence electrons. The van der Waals surface area contributed by atoms with Crippen molar-refractivity contribution in [1.82, 2.24) is 9.66 Å². The smallest absolute Gasteiger partial charge is 0.282 e. The number of halogens is 2. The van der Waals surface area contributed by atoms with Gasteiger partial charge in [-0.3, -0.25) is 4.79 Å². The Morgan fingerprint density at radius 1 is 0.976 bits per heavy atom. The van der Waals surface area contributed by atoms with Gasteiger partial charge in [-0.25, -0.2) is 4.98 Å².